The second kappa shape index (κ2) is 9.19. The van der Waals surface area contributed by atoms with E-state index in [-0.39, 0.29) is 0 Å². The lowest BCUT2D eigenvalue weighted by molar-refractivity contribution is -0.116. The predicted octanol–water partition coefficient (Wildman–Crippen LogP) is 4.93. The van der Waals surface area contributed by atoms with Crippen molar-refractivity contribution in [2.24, 2.45) is 0 Å². The van der Waals surface area contributed by atoms with E-state index < -0.39 is 22.0 Å². The molecule has 0 spiro atoms. The summed E-state index contributed by atoms with van der Waals surface area (Å²) in [6, 6.07) is 21.5. The Kier molecular flexibility index (Phi) is 6.64. The number of hydrogen-bond donors (Lipinski definition) is 1. The van der Waals surface area contributed by atoms with Gasteiger partial charge >= 0.3 is 0 Å². The predicted molar refractivity (Wildman–Crippen MR) is 120 cm³/mol. The van der Waals surface area contributed by atoms with E-state index in [0.29, 0.717) is 27.9 Å². The molecule has 0 aliphatic carbocycles. The van der Waals surface area contributed by atoms with Crippen molar-refractivity contribution in [2.75, 3.05) is 15.9 Å². The standard InChI is InChI=1S/C22H21ClN2O4S/c1-16(22(26)24-21-11-7-6-10-20(21)23)25(30(2,27)28)17-12-14-19(15-13-17)29-18-8-4-3-5-9-18/h3-16H,1-2H3,(H,24,26)/t16-/m0/s1. The van der Waals surface area contributed by atoms with E-state index in [1.54, 1.807) is 48.5 Å². The van der Waals surface area contributed by atoms with Crippen LogP contribution in [-0.2, 0) is 14.8 Å². The highest BCUT2D eigenvalue weighted by molar-refractivity contribution is 7.92. The molecular weight excluding hydrogens is 424 g/mol. The zero-order valence-corrected chi connectivity index (χ0v) is 18.0. The Bertz CT molecular complexity index is 1120. The van der Waals surface area contributed by atoms with Gasteiger partial charge in [0.15, 0.2) is 0 Å². The van der Waals surface area contributed by atoms with Gasteiger partial charge in [-0.15, -0.1) is 0 Å². The fourth-order valence-electron chi connectivity index (χ4n) is 2.89. The third-order valence-corrected chi connectivity index (χ3v) is 5.86. The smallest absolute Gasteiger partial charge is 0.248 e. The van der Waals surface area contributed by atoms with E-state index in [2.05, 4.69) is 5.32 Å². The van der Waals surface area contributed by atoms with E-state index in [1.807, 2.05) is 30.3 Å². The van der Waals surface area contributed by atoms with Crippen LogP contribution in [-0.4, -0.2) is 26.6 Å². The van der Waals surface area contributed by atoms with Gasteiger partial charge in [0.05, 0.1) is 22.7 Å². The molecular formula is C22H21ClN2O4S. The molecule has 0 saturated carbocycles. The molecule has 6 nitrogen and oxygen atoms in total. The summed E-state index contributed by atoms with van der Waals surface area (Å²) in [6.07, 6.45) is 1.06. The number of carbonyl (C=O) groups excluding carboxylic acids is 1. The Morgan fingerprint density at radius 2 is 1.50 bits per heavy atom. The van der Waals surface area contributed by atoms with Gasteiger partial charge in [0.1, 0.15) is 17.5 Å². The highest BCUT2D eigenvalue weighted by atomic mass is 35.5. The Labute approximate surface area is 181 Å². The number of sulfonamides is 1. The molecule has 3 aromatic rings. The first kappa shape index (κ1) is 21.7. The Hall–Kier alpha value is -3.03. The molecule has 3 aromatic carbocycles. The summed E-state index contributed by atoms with van der Waals surface area (Å²) in [6.45, 7) is 1.52. The highest BCUT2D eigenvalue weighted by Gasteiger charge is 2.29. The van der Waals surface area contributed by atoms with Gasteiger partial charge in [0, 0.05) is 0 Å². The van der Waals surface area contributed by atoms with Crippen molar-refractivity contribution >= 4 is 38.9 Å². The van der Waals surface area contributed by atoms with Gasteiger partial charge in [0.2, 0.25) is 15.9 Å². The molecule has 0 saturated heterocycles. The van der Waals surface area contributed by atoms with Crippen LogP contribution in [0.1, 0.15) is 6.92 Å². The maximum atomic E-state index is 12.7. The first-order chi connectivity index (χ1) is 14.3. The number of nitrogens with one attached hydrogen (secondary N) is 1. The second-order valence-corrected chi connectivity index (χ2v) is 8.88. The quantitative estimate of drug-likeness (QED) is 0.560. The number of anilines is 2. The van der Waals surface area contributed by atoms with Crippen molar-refractivity contribution in [3.05, 3.63) is 83.9 Å². The molecule has 0 unspecified atom stereocenters. The van der Waals surface area contributed by atoms with Gasteiger partial charge in [-0.05, 0) is 55.5 Å². The molecule has 0 aliphatic heterocycles. The number of hydrogen-bond acceptors (Lipinski definition) is 4. The van der Waals surface area contributed by atoms with E-state index in [0.717, 1.165) is 10.6 Å². The zero-order chi connectivity index (χ0) is 21.7. The Morgan fingerprint density at radius 3 is 2.10 bits per heavy atom. The molecule has 1 N–H and O–H groups in total. The van der Waals surface area contributed by atoms with E-state index >= 15 is 0 Å². The fraction of sp³-hybridized carbons (Fsp3) is 0.136. The van der Waals surface area contributed by atoms with E-state index in [9.17, 15) is 13.2 Å². The first-order valence-corrected chi connectivity index (χ1v) is 11.4. The van der Waals surface area contributed by atoms with Crippen molar-refractivity contribution in [3.8, 4) is 11.5 Å². The number of halogens is 1. The van der Waals surface area contributed by atoms with Crippen LogP contribution in [0.5, 0.6) is 11.5 Å². The van der Waals surface area contributed by atoms with Gasteiger partial charge in [-0.2, -0.15) is 0 Å². The molecule has 0 bridgehead atoms. The number of rotatable bonds is 7. The third-order valence-electron chi connectivity index (χ3n) is 4.29. The number of ether oxygens (including phenoxy) is 1. The summed E-state index contributed by atoms with van der Waals surface area (Å²) >= 11 is 6.08. The van der Waals surface area contributed by atoms with Gasteiger partial charge < -0.3 is 10.1 Å². The summed E-state index contributed by atoms with van der Waals surface area (Å²) < 4.78 is 31.7. The number of amides is 1. The maximum Gasteiger partial charge on any atom is 0.248 e. The first-order valence-electron chi connectivity index (χ1n) is 9.13. The Balaban J connectivity index is 1.82. The van der Waals surface area contributed by atoms with Crippen molar-refractivity contribution in [2.45, 2.75) is 13.0 Å². The Morgan fingerprint density at radius 1 is 0.933 bits per heavy atom. The minimum absolute atomic E-state index is 0.347. The summed E-state index contributed by atoms with van der Waals surface area (Å²) in [5.41, 5.74) is 0.760. The summed E-state index contributed by atoms with van der Waals surface area (Å²) in [4.78, 5) is 12.7. The molecule has 156 valence electrons. The van der Waals surface area contributed by atoms with Crippen LogP contribution < -0.4 is 14.4 Å². The lowest BCUT2D eigenvalue weighted by atomic mass is 10.2. The minimum atomic E-state index is -3.74. The van der Waals surface area contributed by atoms with Crippen LogP contribution in [0.15, 0.2) is 78.9 Å². The van der Waals surface area contributed by atoms with Crippen molar-refractivity contribution in [1.82, 2.24) is 0 Å². The number of carbonyl (C=O) groups is 1. The normalized spacial score (nSPS) is 12.1. The van der Waals surface area contributed by atoms with Crippen LogP contribution >= 0.6 is 11.6 Å². The van der Waals surface area contributed by atoms with Crippen molar-refractivity contribution in [3.63, 3.8) is 0 Å². The molecule has 0 aliphatic rings. The van der Waals surface area contributed by atoms with Crippen molar-refractivity contribution < 1.29 is 17.9 Å². The second-order valence-electron chi connectivity index (χ2n) is 6.61. The van der Waals surface area contributed by atoms with Crippen LogP contribution in [0.3, 0.4) is 0 Å². The van der Waals surface area contributed by atoms with Crippen LogP contribution in [0.2, 0.25) is 5.02 Å². The highest BCUT2D eigenvalue weighted by Crippen LogP contribution is 2.28. The van der Waals surface area contributed by atoms with Crippen LogP contribution in [0, 0.1) is 0 Å². The average Bonchev–Trinajstić information content (AvgIpc) is 2.71. The summed E-state index contributed by atoms with van der Waals surface area (Å²) in [5, 5.41) is 3.04. The maximum absolute atomic E-state index is 12.7. The number of nitrogens with zero attached hydrogens (tertiary/aromatic N) is 1. The zero-order valence-electron chi connectivity index (χ0n) is 16.4. The molecule has 1 atom stereocenters. The minimum Gasteiger partial charge on any atom is -0.457 e. The molecule has 3 rings (SSSR count). The lowest BCUT2D eigenvalue weighted by Gasteiger charge is -2.28. The van der Waals surface area contributed by atoms with Crippen LogP contribution in [0.4, 0.5) is 11.4 Å². The molecule has 0 aromatic heterocycles. The monoisotopic (exact) mass is 444 g/mol. The van der Waals surface area contributed by atoms with Crippen LogP contribution in [0.25, 0.3) is 0 Å². The SMILES string of the molecule is C[C@@H](C(=O)Nc1ccccc1Cl)N(c1ccc(Oc2ccccc2)cc1)S(C)(=O)=O. The topological polar surface area (TPSA) is 75.7 Å². The van der Waals surface area contributed by atoms with Gasteiger partial charge in [0.25, 0.3) is 0 Å². The molecule has 0 fully saturated rings. The molecule has 1 amide bonds. The summed E-state index contributed by atoms with van der Waals surface area (Å²) in [7, 11) is -3.74. The van der Waals surface area contributed by atoms with E-state index in [1.165, 1.54) is 6.92 Å². The number of benzene rings is 3. The number of para-hydroxylation sites is 2. The van der Waals surface area contributed by atoms with Gasteiger partial charge in [-0.3, -0.25) is 9.10 Å². The third kappa shape index (κ3) is 5.31. The van der Waals surface area contributed by atoms with Gasteiger partial charge in [-0.1, -0.05) is 41.9 Å². The molecule has 0 radical (unpaired) electrons. The molecule has 0 heterocycles. The van der Waals surface area contributed by atoms with E-state index in [4.69, 9.17) is 16.3 Å². The molecule has 8 heteroatoms. The average molecular weight is 445 g/mol. The molecule has 30 heavy (non-hydrogen) atoms. The van der Waals surface area contributed by atoms with Gasteiger partial charge in [-0.25, -0.2) is 8.42 Å². The lowest BCUT2D eigenvalue weighted by Crippen LogP contribution is -2.45. The largest absolute Gasteiger partial charge is 0.457 e. The van der Waals surface area contributed by atoms with Crippen molar-refractivity contribution in [1.29, 1.82) is 0 Å². The fourth-order valence-corrected chi connectivity index (χ4v) is 4.25. The summed E-state index contributed by atoms with van der Waals surface area (Å²) in [5.74, 6) is 0.711.